The first-order chi connectivity index (χ1) is 20.3. The summed E-state index contributed by atoms with van der Waals surface area (Å²) in [5, 5.41) is 15.4. The third-order valence-corrected chi connectivity index (χ3v) is 7.55. The Labute approximate surface area is 249 Å². The maximum atomic E-state index is 14.5. The Morgan fingerprint density at radius 3 is 2.33 bits per heavy atom. The molecule has 4 aromatic carbocycles. The molecule has 0 radical (unpaired) electrons. The number of benzene rings is 4. The van der Waals surface area contributed by atoms with Gasteiger partial charge >= 0.3 is 0 Å². The van der Waals surface area contributed by atoms with Gasteiger partial charge in [0, 0.05) is 30.0 Å². The number of rotatable bonds is 10. The summed E-state index contributed by atoms with van der Waals surface area (Å²) in [6.07, 6.45) is -0.765. The molecule has 0 saturated carbocycles. The van der Waals surface area contributed by atoms with Gasteiger partial charge in [-0.15, -0.1) is 0 Å². The van der Waals surface area contributed by atoms with Gasteiger partial charge in [0.1, 0.15) is 11.3 Å². The average molecular weight is 582 g/mol. The van der Waals surface area contributed by atoms with Crippen LogP contribution in [0.25, 0.3) is 11.1 Å². The van der Waals surface area contributed by atoms with Gasteiger partial charge in [0.05, 0.1) is 18.9 Å². The van der Waals surface area contributed by atoms with Crippen LogP contribution in [0.5, 0.6) is 5.75 Å². The lowest BCUT2D eigenvalue weighted by Gasteiger charge is -2.29. The molecule has 1 aliphatic carbocycles. The van der Waals surface area contributed by atoms with Crippen LogP contribution >= 0.6 is 11.6 Å². The Balaban J connectivity index is 1.29. The molecular formula is C34H29ClFN3O3. The van der Waals surface area contributed by atoms with Crippen LogP contribution in [0.15, 0.2) is 97.1 Å². The van der Waals surface area contributed by atoms with E-state index in [0.717, 1.165) is 22.3 Å². The molecule has 0 heterocycles. The van der Waals surface area contributed by atoms with Crippen molar-refractivity contribution in [3.8, 4) is 22.9 Å². The summed E-state index contributed by atoms with van der Waals surface area (Å²) in [5.41, 5.74) is 3.85. The molecule has 2 amide bonds. The summed E-state index contributed by atoms with van der Waals surface area (Å²) < 4.78 is 19.9. The Bertz CT molecular complexity index is 1600. The number of ether oxygens (including phenoxy) is 1. The molecule has 0 aromatic heterocycles. The smallest absolute Gasteiger partial charge is 0.264 e. The SMILES string of the molecule is N#CCCNC(=O)C1(NC(=O)Cc2ccc(OC(F)c3ccccc3)cc2)Cc2ccc(-c3ccc(Cl)cc3)cc2C1. The van der Waals surface area contributed by atoms with Crippen LogP contribution in [-0.2, 0) is 28.9 Å². The molecule has 0 fully saturated rings. The number of fused-ring (bicyclic) bond motifs is 1. The summed E-state index contributed by atoms with van der Waals surface area (Å²) in [6.45, 7) is 0.194. The molecule has 2 N–H and O–H groups in total. The topological polar surface area (TPSA) is 91.2 Å². The Kier molecular flexibility index (Phi) is 8.85. The van der Waals surface area contributed by atoms with E-state index in [1.807, 2.05) is 48.5 Å². The number of alkyl halides is 1. The van der Waals surface area contributed by atoms with Crippen molar-refractivity contribution in [2.75, 3.05) is 6.54 Å². The predicted molar refractivity (Wildman–Crippen MR) is 159 cm³/mol. The molecule has 0 saturated heterocycles. The number of carbonyl (C=O) groups is 2. The van der Waals surface area contributed by atoms with E-state index in [2.05, 4.69) is 10.6 Å². The maximum Gasteiger partial charge on any atom is 0.264 e. The molecule has 2 unspecified atom stereocenters. The largest absolute Gasteiger partial charge is 0.456 e. The van der Waals surface area contributed by atoms with Crippen LogP contribution in [-0.4, -0.2) is 23.9 Å². The lowest BCUT2D eigenvalue weighted by molar-refractivity contribution is -0.133. The van der Waals surface area contributed by atoms with E-state index in [-0.39, 0.29) is 31.2 Å². The fraction of sp³-hybridized carbons (Fsp3) is 0.206. The molecule has 5 rings (SSSR count). The van der Waals surface area contributed by atoms with Crippen molar-refractivity contribution < 1.29 is 18.7 Å². The number of amides is 2. The van der Waals surface area contributed by atoms with Gasteiger partial charge in [-0.05, 0) is 52.1 Å². The van der Waals surface area contributed by atoms with E-state index in [4.69, 9.17) is 21.6 Å². The van der Waals surface area contributed by atoms with Gasteiger partial charge in [-0.2, -0.15) is 9.65 Å². The van der Waals surface area contributed by atoms with Crippen LogP contribution in [0.2, 0.25) is 5.02 Å². The van der Waals surface area contributed by atoms with Crippen molar-refractivity contribution in [1.29, 1.82) is 5.26 Å². The average Bonchev–Trinajstić information content (AvgIpc) is 3.37. The number of nitriles is 1. The lowest BCUT2D eigenvalue weighted by atomic mass is 9.93. The molecule has 1 aliphatic rings. The summed E-state index contributed by atoms with van der Waals surface area (Å²) in [4.78, 5) is 26.7. The molecule has 0 aliphatic heterocycles. The fourth-order valence-electron chi connectivity index (χ4n) is 5.18. The van der Waals surface area contributed by atoms with Crippen LogP contribution in [0.1, 0.15) is 35.0 Å². The molecule has 0 spiro atoms. The van der Waals surface area contributed by atoms with Gasteiger partial charge in [0.2, 0.25) is 11.8 Å². The van der Waals surface area contributed by atoms with Crippen LogP contribution < -0.4 is 15.4 Å². The second-order valence-electron chi connectivity index (χ2n) is 10.3. The van der Waals surface area contributed by atoms with Gasteiger partial charge < -0.3 is 15.4 Å². The number of nitrogens with one attached hydrogen (secondary N) is 2. The third-order valence-electron chi connectivity index (χ3n) is 7.29. The summed E-state index contributed by atoms with van der Waals surface area (Å²) in [6, 6.07) is 30.8. The van der Waals surface area contributed by atoms with E-state index < -0.39 is 11.9 Å². The van der Waals surface area contributed by atoms with Crippen molar-refractivity contribution in [2.24, 2.45) is 0 Å². The maximum absolute atomic E-state index is 14.5. The van der Waals surface area contributed by atoms with Gasteiger partial charge in [0.25, 0.3) is 6.36 Å². The molecule has 6 nitrogen and oxygen atoms in total. The van der Waals surface area contributed by atoms with Crippen LogP contribution in [0.3, 0.4) is 0 Å². The molecule has 4 aromatic rings. The number of carbonyl (C=O) groups excluding carboxylic acids is 2. The van der Waals surface area contributed by atoms with E-state index in [1.54, 1.807) is 54.6 Å². The first-order valence-electron chi connectivity index (χ1n) is 13.6. The van der Waals surface area contributed by atoms with Crippen molar-refractivity contribution >= 4 is 23.4 Å². The minimum atomic E-state index is -1.61. The summed E-state index contributed by atoms with van der Waals surface area (Å²) >= 11 is 6.05. The third kappa shape index (κ3) is 6.79. The van der Waals surface area contributed by atoms with Crippen molar-refractivity contribution in [2.45, 2.75) is 37.6 Å². The number of halogens is 2. The highest BCUT2D eigenvalue weighted by Gasteiger charge is 2.45. The first-order valence-corrected chi connectivity index (χ1v) is 14.0. The second-order valence-corrected chi connectivity index (χ2v) is 10.7. The van der Waals surface area contributed by atoms with Gasteiger partial charge in [-0.1, -0.05) is 84.4 Å². The molecule has 2 atom stereocenters. The monoisotopic (exact) mass is 581 g/mol. The van der Waals surface area contributed by atoms with Crippen molar-refractivity contribution in [3.05, 3.63) is 124 Å². The molecule has 8 heteroatoms. The van der Waals surface area contributed by atoms with E-state index in [9.17, 15) is 14.0 Å². The van der Waals surface area contributed by atoms with Crippen molar-refractivity contribution in [3.63, 3.8) is 0 Å². The molecule has 42 heavy (non-hydrogen) atoms. The Hall–Kier alpha value is -4.67. The molecule has 212 valence electrons. The molecule has 0 bridgehead atoms. The summed E-state index contributed by atoms with van der Waals surface area (Å²) in [5.74, 6) is -0.307. The van der Waals surface area contributed by atoms with Crippen LogP contribution in [0.4, 0.5) is 4.39 Å². The number of nitrogens with zero attached hydrogens (tertiary/aromatic N) is 1. The lowest BCUT2D eigenvalue weighted by Crippen LogP contribution is -2.60. The highest BCUT2D eigenvalue weighted by Crippen LogP contribution is 2.34. The van der Waals surface area contributed by atoms with Crippen LogP contribution in [0, 0.1) is 11.3 Å². The van der Waals surface area contributed by atoms with E-state index >= 15 is 0 Å². The Morgan fingerprint density at radius 1 is 0.929 bits per heavy atom. The zero-order chi connectivity index (χ0) is 29.5. The highest BCUT2D eigenvalue weighted by molar-refractivity contribution is 6.30. The van der Waals surface area contributed by atoms with E-state index in [0.29, 0.717) is 34.7 Å². The zero-order valence-electron chi connectivity index (χ0n) is 22.8. The minimum Gasteiger partial charge on any atom is -0.456 e. The van der Waals surface area contributed by atoms with E-state index in [1.165, 1.54) is 0 Å². The number of hydrogen-bond acceptors (Lipinski definition) is 4. The van der Waals surface area contributed by atoms with Gasteiger partial charge in [-0.25, -0.2) is 0 Å². The summed E-state index contributed by atoms with van der Waals surface area (Å²) in [7, 11) is 0. The normalized spacial score (nSPS) is 16.1. The minimum absolute atomic E-state index is 0.0254. The molecular weight excluding hydrogens is 553 g/mol. The quantitative estimate of drug-likeness (QED) is 0.216. The highest BCUT2D eigenvalue weighted by atomic mass is 35.5. The second kappa shape index (κ2) is 12.9. The Morgan fingerprint density at radius 2 is 1.62 bits per heavy atom. The number of hydrogen-bond donors (Lipinski definition) is 2. The predicted octanol–water partition coefficient (Wildman–Crippen LogP) is 6.28. The fourth-order valence-corrected chi connectivity index (χ4v) is 5.30. The van der Waals surface area contributed by atoms with Gasteiger partial charge in [-0.3, -0.25) is 9.59 Å². The standard InChI is InChI=1S/C34H29ClFN3O3/c35-29-13-11-24(12-14-29)26-9-10-27-21-34(22-28(27)20-26,33(41)38-18-4-17-37)39-31(40)19-23-7-15-30(16-8-23)42-32(36)25-5-2-1-3-6-25/h1-3,5-16,20,32H,4,18-19,21-22H2,(H,38,41)(H,39,40). The van der Waals surface area contributed by atoms with Gasteiger partial charge in [0.15, 0.2) is 0 Å². The zero-order valence-corrected chi connectivity index (χ0v) is 23.5. The first kappa shape index (κ1) is 28.8. The van der Waals surface area contributed by atoms with Crippen molar-refractivity contribution in [1.82, 2.24) is 10.6 Å².